The number of benzene rings is 1. The number of nitrogens with zero attached hydrogens (tertiary/aromatic N) is 2. The Morgan fingerprint density at radius 3 is 2.53 bits per heavy atom. The van der Waals surface area contributed by atoms with E-state index in [1.165, 1.54) is 23.9 Å². The van der Waals surface area contributed by atoms with Crippen molar-refractivity contribution in [1.82, 2.24) is 9.97 Å². The molecule has 0 aliphatic rings. The third kappa shape index (κ3) is 3.13. The lowest BCUT2D eigenvalue weighted by Gasteiger charge is -2.02. The highest BCUT2D eigenvalue weighted by Crippen LogP contribution is 2.20. The molecule has 1 aromatic carbocycles. The molecule has 0 atom stereocenters. The molecule has 1 heterocycles. The fourth-order valence-corrected chi connectivity index (χ4v) is 1.94. The van der Waals surface area contributed by atoms with E-state index in [1.54, 1.807) is 12.1 Å². The summed E-state index contributed by atoms with van der Waals surface area (Å²) in [5, 5.41) is 0.397. The van der Waals surface area contributed by atoms with Crippen LogP contribution < -0.4 is 5.73 Å². The summed E-state index contributed by atoms with van der Waals surface area (Å²) in [5.41, 5.74) is 6.25. The smallest absolute Gasteiger partial charge is 0.189 e. The van der Waals surface area contributed by atoms with Crippen molar-refractivity contribution >= 4 is 17.6 Å². The highest BCUT2D eigenvalue weighted by molar-refractivity contribution is 7.98. The van der Waals surface area contributed by atoms with Crippen LogP contribution in [0.4, 0.5) is 14.6 Å². The average Bonchev–Trinajstić information content (AvgIpc) is 2.33. The Morgan fingerprint density at radius 1 is 1.18 bits per heavy atom. The number of hydrogen-bond donors (Lipinski definition) is 1. The number of thioether (sulfide) groups is 1. The highest BCUT2D eigenvalue weighted by Gasteiger charge is 2.04. The second kappa shape index (κ2) is 5.09. The number of nitrogens with two attached hydrogens (primary N) is 1. The van der Waals surface area contributed by atoms with E-state index < -0.39 is 5.82 Å². The van der Waals surface area contributed by atoms with Crippen LogP contribution in [-0.2, 0) is 5.75 Å². The van der Waals surface area contributed by atoms with Gasteiger partial charge in [-0.1, -0.05) is 23.9 Å². The second-order valence-corrected chi connectivity index (χ2v) is 4.24. The Labute approximate surface area is 101 Å². The molecule has 0 radical (unpaired) electrons. The van der Waals surface area contributed by atoms with Crippen LogP contribution in [0.2, 0.25) is 0 Å². The van der Waals surface area contributed by atoms with Crippen LogP contribution in [0.15, 0.2) is 35.6 Å². The molecule has 0 spiro atoms. The maximum absolute atomic E-state index is 12.8. The van der Waals surface area contributed by atoms with E-state index in [-0.39, 0.29) is 11.6 Å². The summed E-state index contributed by atoms with van der Waals surface area (Å²) < 4.78 is 25.5. The number of anilines is 1. The van der Waals surface area contributed by atoms with Gasteiger partial charge in [0.05, 0.1) is 6.20 Å². The molecule has 2 N–H and O–H groups in total. The lowest BCUT2D eigenvalue weighted by Crippen LogP contribution is -1.98. The van der Waals surface area contributed by atoms with Crippen LogP contribution in [0.1, 0.15) is 5.56 Å². The van der Waals surface area contributed by atoms with Crippen LogP contribution in [0.25, 0.3) is 0 Å². The zero-order valence-corrected chi connectivity index (χ0v) is 9.55. The minimum Gasteiger partial charge on any atom is -0.381 e. The van der Waals surface area contributed by atoms with Crippen molar-refractivity contribution < 1.29 is 8.78 Å². The van der Waals surface area contributed by atoms with E-state index in [4.69, 9.17) is 5.73 Å². The van der Waals surface area contributed by atoms with Gasteiger partial charge in [0.1, 0.15) is 5.82 Å². The molecule has 3 nitrogen and oxygen atoms in total. The Bertz CT molecular complexity index is 517. The lowest BCUT2D eigenvalue weighted by molar-refractivity contribution is 0.612. The van der Waals surface area contributed by atoms with Crippen molar-refractivity contribution in [3.8, 4) is 0 Å². The van der Waals surface area contributed by atoms with E-state index in [0.29, 0.717) is 10.9 Å². The molecule has 0 unspecified atom stereocenters. The maximum atomic E-state index is 12.8. The van der Waals surface area contributed by atoms with Crippen molar-refractivity contribution in [2.24, 2.45) is 0 Å². The molecule has 17 heavy (non-hydrogen) atoms. The van der Waals surface area contributed by atoms with Gasteiger partial charge >= 0.3 is 0 Å². The maximum Gasteiger partial charge on any atom is 0.189 e. The zero-order chi connectivity index (χ0) is 12.3. The summed E-state index contributed by atoms with van der Waals surface area (Å²) in [6.45, 7) is 0. The van der Waals surface area contributed by atoms with Gasteiger partial charge in [0.2, 0.25) is 0 Å². The normalized spacial score (nSPS) is 10.5. The van der Waals surface area contributed by atoms with Crippen molar-refractivity contribution in [1.29, 1.82) is 0 Å². The van der Waals surface area contributed by atoms with Crippen molar-refractivity contribution in [2.45, 2.75) is 10.9 Å². The Balaban J connectivity index is 2.02. The molecule has 6 heteroatoms. The number of halogens is 2. The van der Waals surface area contributed by atoms with E-state index >= 15 is 0 Å². The van der Waals surface area contributed by atoms with Gasteiger partial charge < -0.3 is 5.73 Å². The molecule has 0 bridgehead atoms. The lowest BCUT2D eigenvalue weighted by atomic mass is 10.2. The summed E-state index contributed by atoms with van der Waals surface area (Å²) in [7, 11) is 0. The van der Waals surface area contributed by atoms with Gasteiger partial charge in [-0.2, -0.15) is 0 Å². The molecule has 1 aromatic heterocycles. The Kier molecular flexibility index (Phi) is 3.53. The predicted molar refractivity (Wildman–Crippen MR) is 62.4 cm³/mol. The van der Waals surface area contributed by atoms with Crippen LogP contribution in [0.5, 0.6) is 0 Å². The molecule has 0 fully saturated rings. The molecular formula is C11H9F2N3S. The molecule has 0 saturated carbocycles. The molecular weight excluding hydrogens is 244 g/mol. The van der Waals surface area contributed by atoms with E-state index in [0.717, 1.165) is 11.8 Å². The first-order valence-electron chi connectivity index (χ1n) is 4.80. The summed E-state index contributed by atoms with van der Waals surface area (Å²) in [5.74, 6) is -0.496. The number of rotatable bonds is 3. The summed E-state index contributed by atoms with van der Waals surface area (Å²) in [4.78, 5) is 7.58. The predicted octanol–water partition coefficient (Wildman–Crippen LogP) is 2.63. The minimum absolute atomic E-state index is 0.165. The van der Waals surface area contributed by atoms with E-state index in [2.05, 4.69) is 9.97 Å². The van der Waals surface area contributed by atoms with Gasteiger partial charge in [0.15, 0.2) is 16.8 Å². The molecule has 0 amide bonds. The third-order valence-electron chi connectivity index (χ3n) is 2.03. The SMILES string of the molecule is Nc1nc(SCc2ccc(F)cc2)ncc1F. The molecule has 88 valence electrons. The first-order valence-corrected chi connectivity index (χ1v) is 5.79. The fourth-order valence-electron chi connectivity index (χ4n) is 1.16. The molecule has 0 saturated heterocycles. The van der Waals surface area contributed by atoms with Gasteiger partial charge in [-0.3, -0.25) is 0 Å². The van der Waals surface area contributed by atoms with Crippen molar-refractivity contribution in [2.75, 3.05) is 5.73 Å². The highest BCUT2D eigenvalue weighted by atomic mass is 32.2. The largest absolute Gasteiger partial charge is 0.381 e. The molecule has 2 rings (SSSR count). The minimum atomic E-state index is -0.629. The number of hydrogen-bond acceptors (Lipinski definition) is 4. The summed E-state index contributed by atoms with van der Waals surface area (Å²) in [6.07, 6.45) is 1.04. The van der Waals surface area contributed by atoms with Crippen molar-refractivity contribution in [3.05, 3.63) is 47.7 Å². The van der Waals surface area contributed by atoms with E-state index in [1.807, 2.05) is 0 Å². The van der Waals surface area contributed by atoms with Crippen LogP contribution in [-0.4, -0.2) is 9.97 Å². The average molecular weight is 253 g/mol. The first-order chi connectivity index (χ1) is 8.15. The van der Waals surface area contributed by atoms with Gasteiger partial charge in [0, 0.05) is 5.75 Å². The zero-order valence-electron chi connectivity index (χ0n) is 8.73. The Hall–Kier alpha value is -1.69. The quantitative estimate of drug-likeness (QED) is 0.675. The number of nitrogen functional groups attached to an aromatic ring is 1. The van der Waals surface area contributed by atoms with Gasteiger partial charge in [-0.05, 0) is 17.7 Å². The molecule has 0 aliphatic carbocycles. The van der Waals surface area contributed by atoms with Crippen LogP contribution in [0, 0.1) is 11.6 Å². The topological polar surface area (TPSA) is 51.8 Å². The summed E-state index contributed by atoms with van der Waals surface area (Å²) in [6, 6.07) is 6.12. The van der Waals surface area contributed by atoms with Crippen molar-refractivity contribution in [3.63, 3.8) is 0 Å². The third-order valence-corrected chi connectivity index (χ3v) is 2.96. The summed E-state index contributed by atoms with van der Waals surface area (Å²) >= 11 is 1.31. The monoisotopic (exact) mass is 253 g/mol. The van der Waals surface area contributed by atoms with Crippen LogP contribution >= 0.6 is 11.8 Å². The van der Waals surface area contributed by atoms with Gasteiger partial charge in [0.25, 0.3) is 0 Å². The van der Waals surface area contributed by atoms with Crippen LogP contribution in [0.3, 0.4) is 0 Å². The second-order valence-electron chi connectivity index (χ2n) is 3.30. The van der Waals surface area contributed by atoms with E-state index in [9.17, 15) is 8.78 Å². The number of aromatic nitrogens is 2. The van der Waals surface area contributed by atoms with Gasteiger partial charge in [-0.25, -0.2) is 18.7 Å². The first kappa shape index (κ1) is 11.8. The molecule has 0 aliphatic heterocycles. The standard InChI is InChI=1S/C11H9F2N3S/c12-8-3-1-7(2-4-8)6-17-11-15-5-9(13)10(14)16-11/h1-5H,6H2,(H2,14,15,16). The Morgan fingerprint density at radius 2 is 1.88 bits per heavy atom. The fraction of sp³-hybridized carbons (Fsp3) is 0.0909. The van der Waals surface area contributed by atoms with Gasteiger partial charge in [-0.15, -0.1) is 0 Å². The molecule has 2 aromatic rings.